The molecular weight excluding hydrogens is 255 g/mol. The summed E-state index contributed by atoms with van der Waals surface area (Å²) in [6, 6.07) is 12.1. The molecule has 0 unspecified atom stereocenters. The Kier molecular flexibility index (Phi) is 3.51. The van der Waals surface area contributed by atoms with E-state index in [0.717, 1.165) is 5.56 Å². The van der Waals surface area contributed by atoms with E-state index in [1.807, 2.05) is 6.92 Å². The van der Waals surface area contributed by atoms with Crippen molar-refractivity contribution in [1.29, 1.82) is 0 Å². The third-order valence-corrected chi connectivity index (χ3v) is 3.03. The summed E-state index contributed by atoms with van der Waals surface area (Å²) in [6.07, 6.45) is 0. The average molecular weight is 265 g/mol. The van der Waals surface area contributed by atoms with Crippen molar-refractivity contribution < 1.29 is 4.79 Å². The van der Waals surface area contributed by atoms with E-state index in [-0.39, 0.29) is 5.78 Å². The van der Waals surface area contributed by atoms with E-state index in [1.54, 1.807) is 42.5 Å². The lowest BCUT2D eigenvalue weighted by Gasteiger charge is -2.05. The molecule has 1 nitrogen and oxygen atoms in total. The molecule has 2 rings (SSSR count). The minimum absolute atomic E-state index is 0.0177. The summed E-state index contributed by atoms with van der Waals surface area (Å²) in [5.74, 6) is -0.0177. The largest absolute Gasteiger partial charge is 0.289 e. The highest BCUT2D eigenvalue weighted by molar-refractivity contribution is 6.31. The highest BCUT2D eigenvalue weighted by Gasteiger charge is 2.11. The third kappa shape index (κ3) is 2.68. The highest BCUT2D eigenvalue weighted by atomic mass is 35.5. The lowest BCUT2D eigenvalue weighted by molar-refractivity contribution is 0.103. The molecule has 0 amide bonds. The second-order valence-electron chi connectivity index (χ2n) is 3.80. The number of ketones is 1. The number of benzene rings is 2. The molecule has 0 aliphatic rings. The van der Waals surface area contributed by atoms with Crippen LogP contribution in [0.5, 0.6) is 0 Å². The lowest BCUT2D eigenvalue weighted by Crippen LogP contribution is -2.03. The van der Waals surface area contributed by atoms with Gasteiger partial charge in [0.15, 0.2) is 5.78 Å². The summed E-state index contributed by atoms with van der Waals surface area (Å²) in [5, 5.41) is 1.25. The van der Waals surface area contributed by atoms with Gasteiger partial charge in [0.1, 0.15) is 0 Å². The summed E-state index contributed by atoms with van der Waals surface area (Å²) in [5.41, 5.74) is 2.16. The van der Waals surface area contributed by atoms with Gasteiger partial charge in [-0.25, -0.2) is 0 Å². The summed E-state index contributed by atoms with van der Waals surface area (Å²) >= 11 is 11.6. The van der Waals surface area contributed by atoms with Crippen LogP contribution in [0.4, 0.5) is 0 Å². The summed E-state index contributed by atoms with van der Waals surface area (Å²) in [4.78, 5) is 12.2. The fraction of sp³-hybridized carbons (Fsp3) is 0.0714. The van der Waals surface area contributed by atoms with Gasteiger partial charge in [0.25, 0.3) is 0 Å². The van der Waals surface area contributed by atoms with Crippen molar-refractivity contribution in [3.05, 3.63) is 69.2 Å². The van der Waals surface area contributed by atoms with Crippen molar-refractivity contribution in [3.8, 4) is 0 Å². The average Bonchev–Trinajstić information content (AvgIpc) is 2.29. The molecule has 3 heteroatoms. The van der Waals surface area contributed by atoms with Crippen LogP contribution in [-0.4, -0.2) is 5.78 Å². The molecule has 0 N–H and O–H groups in total. The minimum Gasteiger partial charge on any atom is -0.289 e. The molecule has 0 saturated carbocycles. The number of carbonyl (C=O) groups is 1. The number of aryl methyl sites for hydroxylation is 1. The molecule has 0 saturated heterocycles. The lowest BCUT2D eigenvalue weighted by atomic mass is 9.99. The van der Waals surface area contributed by atoms with Gasteiger partial charge in [0, 0.05) is 21.2 Å². The van der Waals surface area contributed by atoms with Crippen molar-refractivity contribution in [2.45, 2.75) is 6.92 Å². The van der Waals surface area contributed by atoms with Crippen LogP contribution < -0.4 is 0 Å². The Hall–Kier alpha value is -1.31. The zero-order chi connectivity index (χ0) is 12.4. The molecule has 0 aromatic heterocycles. The molecule has 0 spiro atoms. The van der Waals surface area contributed by atoms with E-state index in [2.05, 4.69) is 0 Å². The van der Waals surface area contributed by atoms with Gasteiger partial charge in [-0.3, -0.25) is 4.79 Å². The van der Waals surface area contributed by atoms with Gasteiger partial charge in [-0.05, 0) is 55.0 Å². The van der Waals surface area contributed by atoms with Crippen LogP contribution in [0.3, 0.4) is 0 Å². The molecule has 0 heterocycles. The quantitative estimate of drug-likeness (QED) is 0.729. The predicted octanol–water partition coefficient (Wildman–Crippen LogP) is 4.53. The zero-order valence-corrected chi connectivity index (χ0v) is 10.7. The first-order valence-electron chi connectivity index (χ1n) is 5.14. The summed E-state index contributed by atoms with van der Waals surface area (Å²) < 4.78 is 0. The first kappa shape index (κ1) is 12.2. The normalized spacial score (nSPS) is 10.3. The van der Waals surface area contributed by atoms with Crippen molar-refractivity contribution in [1.82, 2.24) is 0 Å². The fourth-order valence-electron chi connectivity index (χ4n) is 1.64. The summed E-state index contributed by atoms with van der Waals surface area (Å²) in [7, 11) is 0. The maximum Gasteiger partial charge on any atom is 0.193 e. The molecule has 0 fully saturated rings. The number of carbonyl (C=O) groups excluding carboxylic acids is 1. The Morgan fingerprint density at radius 2 is 1.53 bits per heavy atom. The second-order valence-corrected chi connectivity index (χ2v) is 4.67. The van der Waals surface area contributed by atoms with Crippen LogP contribution in [0.1, 0.15) is 21.5 Å². The van der Waals surface area contributed by atoms with Gasteiger partial charge >= 0.3 is 0 Å². The highest BCUT2D eigenvalue weighted by Crippen LogP contribution is 2.19. The predicted molar refractivity (Wildman–Crippen MR) is 71.1 cm³/mol. The Bertz CT molecular complexity index is 559. The molecule has 2 aromatic carbocycles. The molecule has 0 bridgehead atoms. The van der Waals surface area contributed by atoms with Gasteiger partial charge in [0.05, 0.1) is 0 Å². The minimum atomic E-state index is -0.0177. The van der Waals surface area contributed by atoms with E-state index >= 15 is 0 Å². The van der Waals surface area contributed by atoms with E-state index in [4.69, 9.17) is 23.2 Å². The third-order valence-electron chi connectivity index (χ3n) is 2.54. The number of hydrogen-bond donors (Lipinski definition) is 0. The maximum atomic E-state index is 12.2. The molecule has 0 aliphatic carbocycles. The van der Waals surface area contributed by atoms with E-state index in [1.165, 1.54) is 0 Å². The first-order chi connectivity index (χ1) is 8.08. The Morgan fingerprint density at radius 3 is 2.12 bits per heavy atom. The van der Waals surface area contributed by atoms with Crippen molar-refractivity contribution in [2.75, 3.05) is 0 Å². The molecule has 0 atom stereocenters. The first-order valence-corrected chi connectivity index (χ1v) is 5.90. The van der Waals surface area contributed by atoms with Crippen LogP contribution in [0, 0.1) is 6.92 Å². The van der Waals surface area contributed by atoms with Gasteiger partial charge in [-0.1, -0.05) is 23.2 Å². The zero-order valence-electron chi connectivity index (χ0n) is 9.21. The standard InChI is InChI=1S/C14H10Cl2O/c1-9-8-12(16)6-7-13(9)14(17)10-2-4-11(15)5-3-10/h2-8H,1H3. The van der Waals surface area contributed by atoms with Crippen LogP contribution in [0.15, 0.2) is 42.5 Å². The van der Waals surface area contributed by atoms with Crippen LogP contribution in [0.25, 0.3) is 0 Å². The van der Waals surface area contributed by atoms with Crippen molar-refractivity contribution in [2.24, 2.45) is 0 Å². The number of halogens is 2. The number of hydrogen-bond acceptors (Lipinski definition) is 1. The smallest absolute Gasteiger partial charge is 0.193 e. The Labute approximate surface area is 110 Å². The SMILES string of the molecule is Cc1cc(Cl)ccc1C(=O)c1ccc(Cl)cc1. The van der Waals surface area contributed by atoms with Crippen LogP contribution >= 0.6 is 23.2 Å². The Balaban J connectivity index is 2.40. The Morgan fingerprint density at radius 1 is 0.941 bits per heavy atom. The van der Waals surface area contributed by atoms with Gasteiger partial charge < -0.3 is 0 Å². The van der Waals surface area contributed by atoms with Crippen LogP contribution in [-0.2, 0) is 0 Å². The van der Waals surface area contributed by atoms with Crippen molar-refractivity contribution in [3.63, 3.8) is 0 Å². The monoisotopic (exact) mass is 264 g/mol. The van der Waals surface area contributed by atoms with Gasteiger partial charge in [0.2, 0.25) is 0 Å². The van der Waals surface area contributed by atoms with Gasteiger partial charge in [-0.15, -0.1) is 0 Å². The molecule has 86 valence electrons. The fourth-order valence-corrected chi connectivity index (χ4v) is 1.99. The topological polar surface area (TPSA) is 17.1 Å². The molecule has 2 aromatic rings. The van der Waals surface area contributed by atoms with E-state index in [9.17, 15) is 4.79 Å². The second kappa shape index (κ2) is 4.91. The van der Waals surface area contributed by atoms with Crippen molar-refractivity contribution >= 4 is 29.0 Å². The van der Waals surface area contributed by atoms with Crippen LogP contribution in [0.2, 0.25) is 10.0 Å². The maximum absolute atomic E-state index is 12.2. The summed E-state index contributed by atoms with van der Waals surface area (Å²) in [6.45, 7) is 1.87. The molecule has 0 radical (unpaired) electrons. The molecular formula is C14H10Cl2O. The number of rotatable bonds is 2. The molecule has 17 heavy (non-hydrogen) atoms. The van der Waals surface area contributed by atoms with E-state index in [0.29, 0.717) is 21.2 Å². The van der Waals surface area contributed by atoms with Gasteiger partial charge in [-0.2, -0.15) is 0 Å². The molecule has 0 aliphatic heterocycles. The van der Waals surface area contributed by atoms with E-state index < -0.39 is 0 Å².